The Kier molecular flexibility index (Phi) is 6.30. The Morgan fingerprint density at radius 2 is 1.72 bits per heavy atom. The molecular weight excluding hydrogens is 320 g/mol. The molecule has 7 nitrogen and oxygen atoms in total. The first-order valence-corrected chi connectivity index (χ1v) is 9.71. The Bertz CT molecular complexity index is 473. The molecule has 2 aliphatic heterocycles. The smallest absolute Gasteiger partial charge is 0.239 e. The summed E-state index contributed by atoms with van der Waals surface area (Å²) < 4.78 is 5.32. The molecule has 3 rings (SSSR count). The second-order valence-electron chi connectivity index (χ2n) is 7.51. The van der Waals surface area contributed by atoms with Crippen LogP contribution < -0.4 is 5.73 Å². The van der Waals surface area contributed by atoms with E-state index >= 15 is 0 Å². The van der Waals surface area contributed by atoms with Gasteiger partial charge < -0.3 is 20.3 Å². The Morgan fingerprint density at radius 3 is 2.36 bits per heavy atom. The molecule has 3 aliphatic rings. The van der Waals surface area contributed by atoms with Gasteiger partial charge in [-0.25, -0.2) is 0 Å². The minimum absolute atomic E-state index is 0.115. The predicted octanol–water partition coefficient (Wildman–Crippen LogP) is -0.247. The van der Waals surface area contributed by atoms with Crippen molar-refractivity contribution in [3.05, 3.63) is 0 Å². The van der Waals surface area contributed by atoms with Crippen LogP contribution in [0.3, 0.4) is 0 Å². The van der Waals surface area contributed by atoms with E-state index in [1.54, 1.807) is 0 Å². The first kappa shape index (κ1) is 18.6. The minimum atomic E-state index is -0.126. The zero-order chi connectivity index (χ0) is 17.8. The topological polar surface area (TPSA) is 79.1 Å². The van der Waals surface area contributed by atoms with Crippen molar-refractivity contribution in [2.75, 3.05) is 59.0 Å². The fourth-order valence-electron chi connectivity index (χ4n) is 4.41. The van der Waals surface area contributed by atoms with Gasteiger partial charge in [-0.3, -0.25) is 14.5 Å². The zero-order valence-corrected chi connectivity index (χ0v) is 15.4. The molecule has 1 unspecified atom stereocenters. The van der Waals surface area contributed by atoms with Gasteiger partial charge in [0, 0.05) is 45.2 Å². The molecule has 0 spiro atoms. The molecule has 0 aromatic heterocycles. The summed E-state index contributed by atoms with van der Waals surface area (Å²) in [5.74, 6) is 0.929. The molecule has 3 fully saturated rings. The molecule has 1 saturated carbocycles. The molecule has 25 heavy (non-hydrogen) atoms. The van der Waals surface area contributed by atoms with Crippen LogP contribution in [0, 0.1) is 11.8 Å². The molecule has 0 radical (unpaired) electrons. The van der Waals surface area contributed by atoms with E-state index in [1.807, 2.05) is 16.7 Å². The average Bonchev–Trinajstić information content (AvgIpc) is 3.16. The SMILES string of the molecule is CC(C(=O)N1CCOCC1)N1CCN(C(=O)[C@@H]2CCC[C@@H]2CN)CC1. The van der Waals surface area contributed by atoms with Crippen LogP contribution in [-0.2, 0) is 14.3 Å². The lowest BCUT2D eigenvalue weighted by Crippen LogP contribution is -2.57. The van der Waals surface area contributed by atoms with E-state index in [-0.39, 0.29) is 23.8 Å². The van der Waals surface area contributed by atoms with Gasteiger partial charge in [-0.15, -0.1) is 0 Å². The number of nitrogens with two attached hydrogens (primary N) is 1. The monoisotopic (exact) mass is 352 g/mol. The van der Waals surface area contributed by atoms with E-state index in [9.17, 15) is 9.59 Å². The second-order valence-corrected chi connectivity index (χ2v) is 7.51. The number of amides is 2. The van der Waals surface area contributed by atoms with E-state index in [0.717, 1.165) is 32.4 Å². The predicted molar refractivity (Wildman–Crippen MR) is 94.9 cm³/mol. The van der Waals surface area contributed by atoms with E-state index in [0.29, 0.717) is 51.9 Å². The standard InChI is InChI=1S/C18H32N4O3/c1-14(17(23)22-9-11-25-12-10-22)20-5-7-21(8-6-20)18(24)16-4-2-3-15(16)13-19/h14-16H,2-13,19H2,1H3/t14?,15-,16-/m1/s1. The van der Waals surface area contributed by atoms with Crippen LogP contribution >= 0.6 is 0 Å². The lowest BCUT2D eigenvalue weighted by molar-refractivity contribution is -0.143. The molecule has 1 aliphatic carbocycles. The molecule has 0 aromatic carbocycles. The minimum Gasteiger partial charge on any atom is -0.378 e. The quantitative estimate of drug-likeness (QED) is 0.755. The van der Waals surface area contributed by atoms with Crippen molar-refractivity contribution in [2.24, 2.45) is 17.6 Å². The van der Waals surface area contributed by atoms with Gasteiger partial charge in [-0.05, 0) is 32.2 Å². The largest absolute Gasteiger partial charge is 0.378 e. The lowest BCUT2D eigenvalue weighted by Gasteiger charge is -2.40. The van der Waals surface area contributed by atoms with Crippen molar-refractivity contribution < 1.29 is 14.3 Å². The normalized spacial score (nSPS) is 29.7. The van der Waals surface area contributed by atoms with Gasteiger partial charge in [0.05, 0.1) is 19.3 Å². The first-order valence-electron chi connectivity index (χ1n) is 9.71. The van der Waals surface area contributed by atoms with Crippen molar-refractivity contribution in [3.8, 4) is 0 Å². The number of ether oxygens (including phenoxy) is 1. The van der Waals surface area contributed by atoms with Crippen molar-refractivity contribution in [2.45, 2.75) is 32.2 Å². The second kappa shape index (κ2) is 8.47. The molecule has 2 amide bonds. The molecule has 0 bridgehead atoms. The van der Waals surface area contributed by atoms with Crippen LogP contribution in [-0.4, -0.2) is 91.6 Å². The van der Waals surface area contributed by atoms with Gasteiger partial charge in [-0.2, -0.15) is 0 Å². The Labute approximate surface area is 150 Å². The molecule has 3 atom stereocenters. The van der Waals surface area contributed by atoms with Gasteiger partial charge in [0.25, 0.3) is 0 Å². The third-order valence-electron chi connectivity index (χ3n) is 6.13. The van der Waals surface area contributed by atoms with Crippen molar-refractivity contribution in [1.29, 1.82) is 0 Å². The van der Waals surface area contributed by atoms with Crippen LogP contribution in [0.4, 0.5) is 0 Å². The van der Waals surface area contributed by atoms with Gasteiger partial charge in [0.2, 0.25) is 11.8 Å². The summed E-state index contributed by atoms with van der Waals surface area (Å²) in [6.07, 6.45) is 3.17. The Hall–Kier alpha value is -1.18. The van der Waals surface area contributed by atoms with Gasteiger partial charge in [0.1, 0.15) is 0 Å². The van der Waals surface area contributed by atoms with Crippen LogP contribution in [0.1, 0.15) is 26.2 Å². The number of rotatable bonds is 4. The van der Waals surface area contributed by atoms with Crippen molar-refractivity contribution in [3.63, 3.8) is 0 Å². The van der Waals surface area contributed by atoms with E-state index < -0.39 is 0 Å². The first-order chi connectivity index (χ1) is 12.1. The number of carbonyl (C=O) groups excluding carboxylic acids is 2. The number of carbonyl (C=O) groups is 2. The molecule has 2 N–H and O–H groups in total. The molecule has 7 heteroatoms. The fraction of sp³-hybridized carbons (Fsp3) is 0.889. The number of nitrogens with zero attached hydrogens (tertiary/aromatic N) is 3. The third kappa shape index (κ3) is 4.15. The maximum absolute atomic E-state index is 12.8. The van der Waals surface area contributed by atoms with E-state index in [2.05, 4.69) is 4.90 Å². The van der Waals surface area contributed by atoms with Crippen LogP contribution in [0.15, 0.2) is 0 Å². The Balaban J connectivity index is 1.49. The van der Waals surface area contributed by atoms with Crippen molar-refractivity contribution >= 4 is 11.8 Å². The van der Waals surface area contributed by atoms with Crippen LogP contribution in [0.25, 0.3) is 0 Å². The summed E-state index contributed by atoms with van der Waals surface area (Å²) in [6, 6.07) is -0.126. The molecule has 142 valence electrons. The Morgan fingerprint density at radius 1 is 1.04 bits per heavy atom. The van der Waals surface area contributed by atoms with Crippen LogP contribution in [0.2, 0.25) is 0 Å². The summed E-state index contributed by atoms with van der Waals surface area (Å²) >= 11 is 0. The van der Waals surface area contributed by atoms with Crippen molar-refractivity contribution in [1.82, 2.24) is 14.7 Å². The highest BCUT2D eigenvalue weighted by molar-refractivity contribution is 5.82. The number of piperazine rings is 1. The summed E-state index contributed by atoms with van der Waals surface area (Å²) in [5.41, 5.74) is 5.83. The van der Waals surface area contributed by atoms with Gasteiger partial charge in [0.15, 0.2) is 0 Å². The highest BCUT2D eigenvalue weighted by atomic mass is 16.5. The maximum atomic E-state index is 12.8. The summed E-state index contributed by atoms with van der Waals surface area (Å²) in [4.78, 5) is 31.5. The van der Waals surface area contributed by atoms with Gasteiger partial charge >= 0.3 is 0 Å². The van der Waals surface area contributed by atoms with E-state index in [1.165, 1.54) is 0 Å². The lowest BCUT2D eigenvalue weighted by atomic mass is 9.94. The highest BCUT2D eigenvalue weighted by Gasteiger charge is 2.37. The number of hydrogen-bond donors (Lipinski definition) is 1. The summed E-state index contributed by atoms with van der Waals surface area (Å²) in [6.45, 7) is 8.19. The molecule has 2 heterocycles. The zero-order valence-electron chi connectivity index (χ0n) is 15.4. The summed E-state index contributed by atoms with van der Waals surface area (Å²) in [7, 11) is 0. The number of hydrogen-bond acceptors (Lipinski definition) is 5. The van der Waals surface area contributed by atoms with Crippen LogP contribution in [0.5, 0.6) is 0 Å². The third-order valence-corrected chi connectivity index (χ3v) is 6.13. The molecule has 0 aromatic rings. The van der Waals surface area contributed by atoms with E-state index in [4.69, 9.17) is 10.5 Å². The molecule has 2 saturated heterocycles. The maximum Gasteiger partial charge on any atom is 0.239 e. The summed E-state index contributed by atoms with van der Waals surface area (Å²) in [5, 5.41) is 0. The van der Waals surface area contributed by atoms with Gasteiger partial charge in [-0.1, -0.05) is 6.42 Å². The number of morpholine rings is 1. The highest BCUT2D eigenvalue weighted by Crippen LogP contribution is 2.32. The average molecular weight is 352 g/mol. The molecular formula is C18H32N4O3. The fourth-order valence-corrected chi connectivity index (χ4v) is 4.41.